The van der Waals surface area contributed by atoms with Crippen molar-refractivity contribution in [3.63, 3.8) is 0 Å². The first-order chi connectivity index (χ1) is 19.0. The third kappa shape index (κ3) is 5.26. The first-order valence-corrected chi connectivity index (χ1v) is 10.1. The van der Waals surface area contributed by atoms with E-state index in [-0.39, 0.29) is 37.7 Å². The smallest absolute Gasteiger partial charge is 0.876 e. The standard InChI is InChI=1S/C22HBF15NO2.2Li/c24-7-4(8(25)14(31)19(36)13(7)30)2-1-39(23(40)41)22(6-11(28)17(34)21(38)18(35)12(6)29)3(2)5-9(26)15(32)20(37)16(33)10(5)27;;/h1H;;/q-2;2*+1. The van der Waals surface area contributed by atoms with Crippen LogP contribution in [0.2, 0.25) is 0 Å². The maximum Gasteiger partial charge on any atom is 1.00 e. The summed E-state index contributed by atoms with van der Waals surface area (Å²) in [6, 6.07) is 0. The Bertz CT molecular complexity index is 1710. The van der Waals surface area contributed by atoms with Gasteiger partial charge in [-0.05, 0) is 6.20 Å². The Morgan fingerprint density at radius 1 is 0.372 bits per heavy atom. The van der Waals surface area contributed by atoms with Crippen LogP contribution in [0.3, 0.4) is 0 Å². The average molecular weight is 621 g/mol. The summed E-state index contributed by atoms with van der Waals surface area (Å²) in [5.74, 6) is -43.9. The van der Waals surface area contributed by atoms with Crippen LogP contribution in [0.4, 0.5) is 65.9 Å². The van der Waals surface area contributed by atoms with Gasteiger partial charge in [-0.25, -0.2) is 65.9 Å². The third-order valence-electron chi connectivity index (χ3n) is 5.65. The predicted octanol–water partition coefficient (Wildman–Crippen LogP) is -0.863. The zero-order chi connectivity index (χ0) is 31.0. The Kier molecular flexibility index (Phi) is 10.6. The van der Waals surface area contributed by atoms with Crippen LogP contribution in [0, 0.1) is 87.3 Å². The van der Waals surface area contributed by atoms with E-state index in [0.29, 0.717) is 0 Å². The zero-order valence-electron chi connectivity index (χ0n) is 20.6. The molecule has 0 amide bonds. The van der Waals surface area contributed by atoms with Gasteiger partial charge in [0, 0.05) is 24.1 Å². The summed E-state index contributed by atoms with van der Waals surface area (Å²) in [5, 5.41) is 23.7. The van der Waals surface area contributed by atoms with Crippen molar-refractivity contribution >= 4 is 7.25 Å². The van der Waals surface area contributed by atoms with Crippen molar-refractivity contribution in [1.82, 2.24) is 4.48 Å². The van der Waals surface area contributed by atoms with Gasteiger partial charge < -0.3 is 14.5 Å². The van der Waals surface area contributed by atoms with Gasteiger partial charge in [0.05, 0.1) is 16.7 Å². The molecular formula is C22HBF15Li2NO2. The van der Waals surface area contributed by atoms with E-state index in [9.17, 15) is 75.9 Å². The molecular weight excluding hydrogens is 620 g/mol. The van der Waals surface area contributed by atoms with Gasteiger partial charge in [0.25, 0.3) is 0 Å². The molecule has 4 aromatic rings. The first kappa shape index (κ1) is 36.3. The second-order valence-corrected chi connectivity index (χ2v) is 7.82. The van der Waals surface area contributed by atoms with Crippen LogP contribution in [-0.4, -0.2) is 11.7 Å². The molecule has 0 spiro atoms. The quantitative estimate of drug-likeness (QED) is 0.129. The third-order valence-corrected chi connectivity index (χ3v) is 5.65. The molecule has 4 rings (SSSR count). The van der Waals surface area contributed by atoms with E-state index < -0.39 is 139 Å². The van der Waals surface area contributed by atoms with Crippen LogP contribution in [0.1, 0.15) is 0 Å². The average Bonchev–Trinajstić information content (AvgIpc) is 3.30. The van der Waals surface area contributed by atoms with Crippen LogP contribution in [0.5, 0.6) is 0 Å². The summed E-state index contributed by atoms with van der Waals surface area (Å²) in [4.78, 5) is 0. The molecule has 0 aliphatic rings. The number of nitrogens with zero attached hydrogens (tertiary/aromatic N) is 1. The summed E-state index contributed by atoms with van der Waals surface area (Å²) in [5.41, 5.74) is -13.9. The van der Waals surface area contributed by atoms with Crippen molar-refractivity contribution in [3.8, 4) is 33.5 Å². The Balaban J connectivity index is 0.00000323. The van der Waals surface area contributed by atoms with Crippen molar-refractivity contribution in [3.05, 3.63) is 93.5 Å². The van der Waals surface area contributed by atoms with Crippen LogP contribution >= 0.6 is 0 Å². The minimum Gasteiger partial charge on any atom is -0.876 e. The van der Waals surface area contributed by atoms with Crippen molar-refractivity contribution in [1.29, 1.82) is 0 Å². The minimum absolute atomic E-state index is 0. The molecule has 0 fully saturated rings. The van der Waals surface area contributed by atoms with E-state index in [1.807, 2.05) is 0 Å². The van der Waals surface area contributed by atoms with E-state index >= 15 is 0 Å². The fourth-order valence-corrected chi connectivity index (χ4v) is 3.87. The number of benzene rings is 3. The molecule has 3 nitrogen and oxygen atoms in total. The van der Waals surface area contributed by atoms with Gasteiger partial charge in [-0.2, -0.15) is 0 Å². The minimum atomic E-state index is -3.87. The van der Waals surface area contributed by atoms with Crippen LogP contribution in [0.25, 0.3) is 33.5 Å². The first-order valence-electron chi connectivity index (χ1n) is 10.1. The van der Waals surface area contributed by atoms with Crippen molar-refractivity contribution < 1.29 is 114 Å². The number of aromatic nitrogens is 1. The molecule has 0 N–H and O–H groups in total. The summed E-state index contributed by atoms with van der Waals surface area (Å²) in [7, 11) is -3.87. The molecule has 0 radical (unpaired) electrons. The second kappa shape index (κ2) is 12.6. The fraction of sp³-hybridized carbons (Fsp3) is 0. The molecule has 0 atom stereocenters. The van der Waals surface area contributed by atoms with E-state index in [2.05, 4.69) is 0 Å². The molecule has 1 heterocycles. The predicted molar refractivity (Wildman–Crippen MR) is 101 cm³/mol. The van der Waals surface area contributed by atoms with Crippen LogP contribution in [-0.2, 0) is 0 Å². The summed E-state index contributed by atoms with van der Waals surface area (Å²) in [6.07, 6.45) is -0.413. The van der Waals surface area contributed by atoms with E-state index in [0.717, 1.165) is 0 Å². The molecule has 0 aliphatic heterocycles. The van der Waals surface area contributed by atoms with Crippen molar-refractivity contribution in [2.45, 2.75) is 0 Å². The van der Waals surface area contributed by atoms with Gasteiger partial charge in [0.2, 0.25) is 17.5 Å². The molecule has 3 aromatic carbocycles. The zero-order valence-corrected chi connectivity index (χ0v) is 20.6. The Morgan fingerprint density at radius 2 is 0.628 bits per heavy atom. The largest absolute Gasteiger partial charge is 1.00 e. The Morgan fingerprint density at radius 3 is 0.930 bits per heavy atom. The summed E-state index contributed by atoms with van der Waals surface area (Å²) >= 11 is 0. The molecule has 0 bridgehead atoms. The normalized spacial score (nSPS) is 11.0. The summed E-state index contributed by atoms with van der Waals surface area (Å²) in [6.45, 7) is 0. The molecule has 21 heteroatoms. The maximum absolute atomic E-state index is 14.9. The molecule has 1 aromatic heterocycles. The maximum atomic E-state index is 14.9. The second-order valence-electron chi connectivity index (χ2n) is 7.82. The molecule has 0 aliphatic carbocycles. The molecule has 0 saturated carbocycles. The van der Waals surface area contributed by atoms with Gasteiger partial charge in [-0.3, -0.25) is 0 Å². The number of rotatable bonds is 4. The Labute approximate surface area is 252 Å². The number of hydrogen-bond donors (Lipinski definition) is 0. The fourth-order valence-electron chi connectivity index (χ4n) is 3.87. The monoisotopic (exact) mass is 621 g/mol. The van der Waals surface area contributed by atoms with Gasteiger partial charge in [-0.15, -0.1) is 0 Å². The van der Waals surface area contributed by atoms with Gasteiger partial charge in [-0.1, -0.05) is 0 Å². The van der Waals surface area contributed by atoms with E-state index in [1.54, 1.807) is 0 Å². The van der Waals surface area contributed by atoms with Crippen molar-refractivity contribution in [2.75, 3.05) is 0 Å². The number of hydrogen-bond acceptors (Lipinski definition) is 2. The van der Waals surface area contributed by atoms with E-state index in [4.69, 9.17) is 0 Å². The molecule has 43 heavy (non-hydrogen) atoms. The molecule has 0 saturated heterocycles. The van der Waals surface area contributed by atoms with Crippen LogP contribution < -0.4 is 47.8 Å². The molecule has 0 unspecified atom stereocenters. The van der Waals surface area contributed by atoms with E-state index in [1.165, 1.54) is 0 Å². The topological polar surface area (TPSA) is 51.0 Å². The van der Waals surface area contributed by atoms with Gasteiger partial charge in [0.15, 0.2) is 69.8 Å². The Hall–Kier alpha value is -2.93. The van der Waals surface area contributed by atoms with Gasteiger partial charge >= 0.3 is 37.7 Å². The van der Waals surface area contributed by atoms with Crippen molar-refractivity contribution in [2.24, 2.45) is 0 Å². The SMILES string of the molecule is [Li+].[Li+].[O-]B([O-])n1cc(-c2c(F)c(F)c(F)c(F)c2F)c(-c2c(F)c(F)c(F)c(F)c2F)c1-c1c(F)c(F)c(F)c(F)c1F. The number of halogens is 15. The molecule has 216 valence electrons. The summed E-state index contributed by atoms with van der Waals surface area (Å²) < 4.78 is 213. The van der Waals surface area contributed by atoms with Crippen LogP contribution in [0.15, 0.2) is 6.20 Å². The van der Waals surface area contributed by atoms with Gasteiger partial charge in [0.1, 0.15) is 0 Å².